The van der Waals surface area contributed by atoms with E-state index in [4.69, 9.17) is 4.74 Å². The molecule has 0 aliphatic rings. The van der Waals surface area contributed by atoms with Gasteiger partial charge >= 0.3 is 0 Å². The van der Waals surface area contributed by atoms with Crippen LogP contribution in [0.15, 0.2) is 42.5 Å². The summed E-state index contributed by atoms with van der Waals surface area (Å²) in [6.45, 7) is 9.13. The lowest BCUT2D eigenvalue weighted by Gasteiger charge is -2.10. The van der Waals surface area contributed by atoms with E-state index in [2.05, 4.69) is 43.4 Å². The molecule has 3 heteroatoms. The predicted molar refractivity (Wildman–Crippen MR) is 103 cm³/mol. The molecule has 0 atom stereocenters. The van der Waals surface area contributed by atoms with E-state index >= 15 is 0 Å². The van der Waals surface area contributed by atoms with Crippen LogP contribution in [0.5, 0.6) is 5.75 Å². The average Bonchev–Trinajstić information content (AvgIpc) is 2.60. The van der Waals surface area contributed by atoms with Crippen molar-refractivity contribution in [2.45, 2.75) is 46.5 Å². The fourth-order valence-corrected chi connectivity index (χ4v) is 2.65. The molecule has 0 aliphatic carbocycles. The third-order valence-electron chi connectivity index (χ3n) is 4.31. The fraction of sp³-hybridized carbons (Fsp3) is 0.409. The number of hydrogen-bond acceptors (Lipinski definition) is 2. The number of amides is 1. The van der Waals surface area contributed by atoms with E-state index in [-0.39, 0.29) is 12.5 Å². The molecule has 2 aromatic carbocycles. The molecule has 0 radical (unpaired) electrons. The Kier molecular flexibility index (Phi) is 7.05. The summed E-state index contributed by atoms with van der Waals surface area (Å²) < 4.78 is 5.62. The topological polar surface area (TPSA) is 38.3 Å². The van der Waals surface area contributed by atoms with Crippen LogP contribution in [0.25, 0.3) is 0 Å². The quantitative estimate of drug-likeness (QED) is 0.716. The minimum Gasteiger partial charge on any atom is -0.483 e. The molecule has 25 heavy (non-hydrogen) atoms. The van der Waals surface area contributed by atoms with Crippen LogP contribution in [0, 0.1) is 13.8 Å². The summed E-state index contributed by atoms with van der Waals surface area (Å²) in [5.74, 6) is 1.27. The molecule has 0 bridgehead atoms. The number of carbonyl (C=O) groups excluding carboxylic acids is 1. The monoisotopic (exact) mass is 339 g/mol. The Balaban J connectivity index is 1.67. The van der Waals surface area contributed by atoms with E-state index < -0.39 is 0 Å². The molecular formula is C22H29NO2. The number of aryl methyl sites for hydroxylation is 3. The van der Waals surface area contributed by atoms with Gasteiger partial charge in [-0.25, -0.2) is 0 Å². The SMILES string of the molecule is Cc1ccc(C)c(OCC(=O)NCCCc2ccc(C(C)C)cc2)c1. The first-order valence-corrected chi connectivity index (χ1v) is 9.01. The zero-order valence-electron chi connectivity index (χ0n) is 15.8. The van der Waals surface area contributed by atoms with Crippen molar-refractivity contribution >= 4 is 5.91 Å². The van der Waals surface area contributed by atoms with Crippen molar-refractivity contribution in [3.8, 4) is 5.75 Å². The molecule has 0 saturated carbocycles. The highest BCUT2D eigenvalue weighted by Gasteiger charge is 2.05. The molecule has 2 rings (SSSR count). The molecule has 1 amide bonds. The molecule has 134 valence electrons. The standard InChI is InChI=1S/C22H29NO2/c1-16(2)20-11-9-19(10-12-20)6-5-13-23-22(24)15-25-21-14-17(3)7-8-18(21)4/h7-12,14,16H,5-6,13,15H2,1-4H3,(H,23,24). The van der Waals surface area contributed by atoms with Crippen molar-refractivity contribution < 1.29 is 9.53 Å². The van der Waals surface area contributed by atoms with E-state index in [0.717, 1.165) is 29.7 Å². The molecular weight excluding hydrogens is 310 g/mol. The van der Waals surface area contributed by atoms with Crippen LogP contribution < -0.4 is 10.1 Å². The van der Waals surface area contributed by atoms with Gasteiger partial charge in [-0.2, -0.15) is 0 Å². The van der Waals surface area contributed by atoms with Crippen LogP contribution in [-0.4, -0.2) is 19.1 Å². The first-order chi connectivity index (χ1) is 12.0. The molecule has 0 aromatic heterocycles. The summed E-state index contributed by atoms with van der Waals surface area (Å²) in [4.78, 5) is 11.9. The van der Waals surface area contributed by atoms with Crippen LogP contribution >= 0.6 is 0 Å². The molecule has 0 heterocycles. The van der Waals surface area contributed by atoms with Gasteiger partial charge in [0.25, 0.3) is 5.91 Å². The van der Waals surface area contributed by atoms with Gasteiger partial charge in [-0.05, 0) is 60.9 Å². The summed E-state index contributed by atoms with van der Waals surface area (Å²) in [5.41, 5.74) is 4.85. The molecule has 0 spiro atoms. The number of benzene rings is 2. The number of ether oxygens (including phenoxy) is 1. The summed E-state index contributed by atoms with van der Waals surface area (Å²) in [7, 11) is 0. The summed E-state index contributed by atoms with van der Waals surface area (Å²) in [6.07, 6.45) is 1.90. The van der Waals surface area contributed by atoms with E-state index in [0.29, 0.717) is 12.5 Å². The highest BCUT2D eigenvalue weighted by Crippen LogP contribution is 2.19. The lowest BCUT2D eigenvalue weighted by molar-refractivity contribution is -0.123. The Bertz CT molecular complexity index is 690. The second kappa shape index (κ2) is 9.26. The Morgan fingerprint density at radius 1 is 1.08 bits per heavy atom. The molecule has 0 fully saturated rings. The summed E-state index contributed by atoms with van der Waals surface area (Å²) >= 11 is 0. The predicted octanol–water partition coefficient (Wildman–Crippen LogP) is 4.55. The fourth-order valence-electron chi connectivity index (χ4n) is 2.65. The number of carbonyl (C=O) groups is 1. The minimum atomic E-state index is -0.0731. The number of rotatable bonds is 8. The molecule has 0 saturated heterocycles. The molecule has 1 N–H and O–H groups in total. The number of nitrogens with one attached hydrogen (secondary N) is 1. The average molecular weight is 339 g/mol. The van der Waals surface area contributed by atoms with Crippen molar-refractivity contribution in [3.05, 3.63) is 64.7 Å². The maximum atomic E-state index is 11.9. The maximum Gasteiger partial charge on any atom is 0.257 e. The lowest BCUT2D eigenvalue weighted by atomic mass is 10.0. The zero-order valence-corrected chi connectivity index (χ0v) is 15.8. The normalized spacial score (nSPS) is 10.8. The molecule has 3 nitrogen and oxygen atoms in total. The minimum absolute atomic E-state index is 0.0629. The van der Waals surface area contributed by atoms with Gasteiger partial charge in [0.2, 0.25) is 0 Å². The van der Waals surface area contributed by atoms with Crippen molar-refractivity contribution in [3.63, 3.8) is 0 Å². The van der Waals surface area contributed by atoms with E-state index in [1.54, 1.807) is 0 Å². The van der Waals surface area contributed by atoms with Crippen molar-refractivity contribution in [2.24, 2.45) is 0 Å². The maximum absolute atomic E-state index is 11.9. The van der Waals surface area contributed by atoms with Gasteiger partial charge in [-0.1, -0.05) is 50.2 Å². The highest BCUT2D eigenvalue weighted by atomic mass is 16.5. The summed E-state index contributed by atoms with van der Waals surface area (Å²) in [6, 6.07) is 14.8. The van der Waals surface area contributed by atoms with Crippen LogP contribution in [0.3, 0.4) is 0 Å². The Morgan fingerprint density at radius 2 is 1.80 bits per heavy atom. The second-order valence-corrected chi connectivity index (χ2v) is 6.91. The van der Waals surface area contributed by atoms with E-state index in [9.17, 15) is 4.79 Å². The first kappa shape index (κ1) is 19.0. The van der Waals surface area contributed by atoms with Crippen LogP contribution in [0.4, 0.5) is 0 Å². The van der Waals surface area contributed by atoms with Gasteiger partial charge in [0.1, 0.15) is 5.75 Å². The smallest absolute Gasteiger partial charge is 0.257 e. The van der Waals surface area contributed by atoms with Gasteiger partial charge < -0.3 is 10.1 Å². The third-order valence-corrected chi connectivity index (χ3v) is 4.31. The van der Waals surface area contributed by atoms with Crippen molar-refractivity contribution in [2.75, 3.05) is 13.2 Å². The van der Waals surface area contributed by atoms with E-state index in [1.807, 2.05) is 32.0 Å². The van der Waals surface area contributed by atoms with Gasteiger partial charge in [0.15, 0.2) is 6.61 Å². The summed E-state index contributed by atoms with van der Waals surface area (Å²) in [5, 5.41) is 2.92. The van der Waals surface area contributed by atoms with Crippen molar-refractivity contribution in [1.82, 2.24) is 5.32 Å². The van der Waals surface area contributed by atoms with Gasteiger partial charge in [-0.3, -0.25) is 4.79 Å². The van der Waals surface area contributed by atoms with Gasteiger partial charge in [0, 0.05) is 6.54 Å². The van der Waals surface area contributed by atoms with Gasteiger partial charge in [-0.15, -0.1) is 0 Å². The van der Waals surface area contributed by atoms with Crippen LogP contribution in [0.2, 0.25) is 0 Å². The highest BCUT2D eigenvalue weighted by molar-refractivity contribution is 5.77. The first-order valence-electron chi connectivity index (χ1n) is 9.01. The van der Waals surface area contributed by atoms with Gasteiger partial charge in [0.05, 0.1) is 0 Å². The number of hydrogen-bond donors (Lipinski definition) is 1. The lowest BCUT2D eigenvalue weighted by Crippen LogP contribution is -2.30. The molecule has 0 unspecified atom stereocenters. The van der Waals surface area contributed by atoms with Crippen LogP contribution in [-0.2, 0) is 11.2 Å². The Hall–Kier alpha value is -2.29. The molecule has 0 aliphatic heterocycles. The second-order valence-electron chi connectivity index (χ2n) is 6.91. The third kappa shape index (κ3) is 6.26. The molecule has 2 aromatic rings. The Morgan fingerprint density at radius 3 is 2.48 bits per heavy atom. The van der Waals surface area contributed by atoms with Crippen molar-refractivity contribution in [1.29, 1.82) is 0 Å². The van der Waals surface area contributed by atoms with Crippen LogP contribution in [0.1, 0.15) is 48.4 Å². The zero-order chi connectivity index (χ0) is 18.2. The largest absolute Gasteiger partial charge is 0.483 e. The van der Waals surface area contributed by atoms with E-state index in [1.165, 1.54) is 11.1 Å². The Labute approximate surface area is 151 Å².